The zero-order valence-corrected chi connectivity index (χ0v) is 9.61. The van der Waals surface area contributed by atoms with E-state index in [2.05, 4.69) is 5.32 Å². The second-order valence-corrected chi connectivity index (χ2v) is 3.59. The molecule has 0 radical (unpaired) electrons. The highest BCUT2D eigenvalue weighted by Gasteiger charge is 2.15. The van der Waals surface area contributed by atoms with Gasteiger partial charge in [-0.3, -0.25) is 4.79 Å². The number of carbonyl (C=O) groups is 2. The predicted molar refractivity (Wildman–Crippen MR) is 60.4 cm³/mol. The van der Waals surface area contributed by atoms with E-state index in [4.69, 9.17) is 16.3 Å². The third-order valence-electron chi connectivity index (χ3n) is 1.88. The van der Waals surface area contributed by atoms with Crippen molar-refractivity contribution < 1.29 is 18.7 Å². The fraction of sp³-hybridized carbons (Fsp3) is 0.273. The molecule has 0 bridgehead atoms. The Bertz CT molecular complexity index is 386. The first-order valence-electron chi connectivity index (χ1n) is 4.87. The highest BCUT2D eigenvalue weighted by Crippen LogP contribution is 2.01. The van der Waals surface area contributed by atoms with Gasteiger partial charge in [0.1, 0.15) is 6.61 Å². The molecule has 1 aromatic carbocycles. The quantitative estimate of drug-likeness (QED) is 0.823. The van der Waals surface area contributed by atoms with Crippen LogP contribution in [0.25, 0.3) is 0 Å². The molecule has 92 valence electrons. The van der Waals surface area contributed by atoms with E-state index in [1.807, 2.05) is 6.07 Å². The van der Waals surface area contributed by atoms with Gasteiger partial charge in [-0.25, -0.2) is 9.18 Å². The Balaban J connectivity index is 2.24. The van der Waals surface area contributed by atoms with Crippen molar-refractivity contribution in [1.82, 2.24) is 5.32 Å². The van der Waals surface area contributed by atoms with Gasteiger partial charge in [0.25, 0.3) is 5.24 Å². The van der Waals surface area contributed by atoms with Crippen LogP contribution >= 0.6 is 11.6 Å². The summed E-state index contributed by atoms with van der Waals surface area (Å²) in [6, 6.07) is 9.02. The lowest BCUT2D eigenvalue weighted by molar-refractivity contribution is -0.115. The molecular formula is C11H11ClFNO3. The summed E-state index contributed by atoms with van der Waals surface area (Å²) in [5.41, 5.74) is 0.813. The van der Waals surface area contributed by atoms with Crippen molar-refractivity contribution in [3.05, 3.63) is 35.9 Å². The fourth-order valence-electron chi connectivity index (χ4n) is 1.03. The molecule has 1 N–H and O–H groups in total. The fourth-order valence-corrected chi connectivity index (χ4v) is 1.10. The van der Waals surface area contributed by atoms with Gasteiger partial charge >= 0.3 is 6.09 Å². The van der Waals surface area contributed by atoms with Crippen LogP contribution in [0.5, 0.6) is 0 Å². The van der Waals surface area contributed by atoms with Crippen LogP contribution in [0.15, 0.2) is 30.3 Å². The van der Waals surface area contributed by atoms with Crippen LogP contribution in [0.3, 0.4) is 0 Å². The number of alkyl carbamates (subject to hydrolysis) is 1. The highest BCUT2D eigenvalue weighted by molar-refractivity contribution is 6.64. The highest BCUT2D eigenvalue weighted by atomic mass is 35.5. The lowest BCUT2D eigenvalue weighted by Gasteiger charge is -2.07. The van der Waals surface area contributed by atoms with Crippen molar-refractivity contribution in [2.75, 3.05) is 6.54 Å². The third kappa shape index (κ3) is 5.31. The summed E-state index contributed by atoms with van der Waals surface area (Å²) in [7, 11) is 0. The van der Waals surface area contributed by atoms with Gasteiger partial charge in [-0.1, -0.05) is 30.3 Å². The van der Waals surface area contributed by atoms with Crippen LogP contribution in [-0.2, 0) is 16.1 Å². The SMILES string of the molecule is O=C(NC[C@@H](F)C(=O)Cl)OCc1ccccc1. The maximum absolute atomic E-state index is 12.7. The van der Waals surface area contributed by atoms with Crippen LogP contribution < -0.4 is 5.32 Å². The van der Waals surface area contributed by atoms with Crippen molar-refractivity contribution >= 4 is 22.9 Å². The predicted octanol–water partition coefficient (Wildman–Crippen LogP) is 2.02. The van der Waals surface area contributed by atoms with Crippen molar-refractivity contribution in [3.8, 4) is 0 Å². The Kier molecular flexibility index (Phi) is 5.42. The van der Waals surface area contributed by atoms with E-state index in [1.165, 1.54) is 0 Å². The molecule has 1 amide bonds. The van der Waals surface area contributed by atoms with Gasteiger partial charge in [-0.2, -0.15) is 0 Å². The maximum Gasteiger partial charge on any atom is 0.407 e. The van der Waals surface area contributed by atoms with E-state index >= 15 is 0 Å². The van der Waals surface area contributed by atoms with Gasteiger partial charge in [-0.15, -0.1) is 0 Å². The first-order chi connectivity index (χ1) is 8.09. The molecule has 4 nitrogen and oxygen atoms in total. The molecule has 1 rings (SSSR count). The minimum atomic E-state index is -1.92. The smallest absolute Gasteiger partial charge is 0.407 e. The number of ether oxygens (including phenoxy) is 1. The minimum absolute atomic E-state index is 0.0818. The van der Waals surface area contributed by atoms with Crippen LogP contribution in [0, 0.1) is 0 Å². The van der Waals surface area contributed by atoms with Gasteiger partial charge < -0.3 is 10.1 Å². The van der Waals surface area contributed by atoms with Crippen molar-refractivity contribution in [2.45, 2.75) is 12.8 Å². The van der Waals surface area contributed by atoms with Gasteiger partial charge in [0.15, 0.2) is 6.17 Å². The number of hydrogen-bond acceptors (Lipinski definition) is 3. The Morgan fingerprint density at radius 2 is 2.00 bits per heavy atom. The monoisotopic (exact) mass is 259 g/mol. The first kappa shape index (κ1) is 13.4. The molecule has 0 heterocycles. The van der Waals surface area contributed by atoms with Gasteiger partial charge in [0.05, 0.1) is 6.54 Å². The number of hydrogen-bond donors (Lipinski definition) is 1. The first-order valence-corrected chi connectivity index (χ1v) is 5.25. The summed E-state index contributed by atoms with van der Waals surface area (Å²) in [4.78, 5) is 21.4. The number of amides is 1. The largest absolute Gasteiger partial charge is 0.445 e. The van der Waals surface area contributed by atoms with E-state index in [-0.39, 0.29) is 6.61 Å². The average Bonchev–Trinajstić information content (AvgIpc) is 2.34. The standard InChI is InChI=1S/C11H11ClFNO3/c12-10(15)9(13)6-14-11(16)17-7-8-4-2-1-3-5-8/h1-5,9H,6-7H2,(H,14,16)/t9-/m1/s1. The topological polar surface area (TPSA) is 55.4 Å². The van der Waals surface area contributed by atoms with Gasteiger partial charge in [-0.05, 0) is 17.2 Å². The van der Waals surface area contributed by atoms with Crippen LogP contribution in [0.1, 0.15) is 5.56 Å². The third-order valence-corrected chi connectivity index (χ3v) is 2.12. The summed E-state index contributed by atoms with van der Waals surface area (Å²) in [5.74, 6) is 0. The number of benzene rings is 1. The molecule has 0 spiro atoms. The molecule has 0 aliphatic rings. The summed E-state index contributed by atoms with van der Waals surface area (Å²) in [5, 5.41) is 0.948. The molecule has 0 saturated carbocycles. The zero-order chi connectivity index (χ0) is 12.7. The van der Waals surface area contributed by atoms with E-state index in [1.54, 1.807) is 24.3 Å². The molecule has 1 aromatic rings. The Labute approximate surface area is 103 Å². The van der Waals surface area contributed by atoms with E-state index in [0.717, 1.165) is 5.56 Å². The minimum Gasteiger partial charge on any atom is -0.445 e. The van der Waals surface area contributed by atoms with Gasteiger partial charge in [0.2, 0.25) is 0 Å². The zero-order valence-electron chi connectivity index (χ0n) is 8.86. The Hall–Kier alpha value is -1.62. The molecule has 17 heavy (non-hydrogen) atoms. The Morgan fingerprint density at radius 3 is 2.59 bits per heavy atom. The van der Waals surface area contributed by atoms with Crippen molar-refractivity contribution in [1.29, 1.82) is 0 Å². The number of rotatable bonds is 5. The average molecular weight is 260 g/mol. The van der Waals surface area contributed by atoms with Crippen molar-refractivity contribution in [2.24, 2.45) is 0 Å². The van der Waals surface area contributed by atoms with Crippen LogP contribution in [0.2, 0.25) is 0 Å². The normalized spacial score (nSPS) is 11.6. The summed E-state index contributed by atoms with van der Waals surface area (Å²) in [6.45, 7) is -0.408. The number of nitrogens with one attached hydrogen (secondary N) is 1. The molecule has 0 aliphatic carbocycles. The number of alkyl halides is 1. The molecule has 0 aromatic heterocycles. The molecular weight excluding hydrogens is 249 g/mol. The van der Waals surface area contributed by atoms with Crippen molar-refractivity contribution in [3.63, 3.8) is 0 Å². The van der Waals surface area contributed by atoms with Gasteiger partial charge in [0, 0.05) is 0 Å². The van der Waals surface area contributed by atoms with E-state index in [9.17, 15) is 14.0 Å². The lowest BCUT2D eigenvalue weighted by atomic mass is 10.2. The molecule has 0 unspecified atom stereocenters. The van der Waals surface area contributed by atoms with Crippen LogP contribution in [-0.4, -0.2) is 24.1 Å². The number of halogens is 2. The molecule has 0 saturated heterocycles. The second-order valence-electron chi connectivity index (χ2n) is 3.21. The maximum atomic E-state index is 12.7. The Morgan fingerprint density at radius 1 is 1.35 bits per heavy atom. The number of carbonyl (C=O) groups excluding carboxylic acids is 2. The molecule has 0 fully saturated rings. The molecule has 6 heteroatoms. The van der Waals surface area contributed by atoms with Crippen LogP contribution in [0.4, 0.5) is 9.18 Å². The molecule has 0 aliphatic heterocycles. The summed E-state index contributed by atoms with van der Waals surface area (Å²) >= 11 is 4.88. The lowest BCUT2D eigenvalue weighted by Crippen LogP contribution is -2.33. The summed E-state index contributed by atoms with van der Waals surface area (Å²) < 4.78 is 17.5. The summed E-state index contributed by atoms with van der Waals surface area (Å²) in [6.07, 6.45) is -2.71. The van der Waals surface area contributed by atoms with E-state index in [0.29, 0.717) is 0 Å². The second kappa shape index (κ2) is 6.85. The molecule has 1 atom stereocenters. The van der Waals surface area contributed by atoms with E-state index < -0.39 is 24.1 Å².